The molecule has 1 aromatic rings. The quantitative estimate of drug-likeness (QED) is 0.678. The summed E-state index contributed by atoms with van der Waals surface area (Å²) < 4.78 is 13.6. The summed E-state index contributed by atoms with van der Waals surface area (Å²) in [6, 6.07) is 4.75. The van der Waals surface area contributed by atoms with Crippen molar-refractivity contribution in [2.24, 2.45) is 11.8 Å². The lowest BCUT2D eigenvalue weighted by molar-refractivity contribution is 0.413. The first-order chi connectivity index (χ1) is 7.58. The molecule has 1 aromatic carbocycles. The highest BCUT2D eigenvalue weighted by atomic mass is 35.5. The molecule has 0 amide bonds. The second kappa shape index (κ2) is 4.93. The number of halogens is 3. The van der Waals surface area contributed by atoms with Crippen molar-refractivity contribution in [2.45, 2.75) is 31.6 Å². The van der Waals surface area contributed by atoms with Crippen molar-refractivity contribution in [3.8, 4) is 0 Å². The standard InChI is InChI=1S/C13H15Cl2F/c1-8-9(2-4-12(8)15)6-10-7-11(14)3-5-13(10)16/h3,5,7-9,12H,2,4,6H2,1H3. The van der Waals surface area contributed by atoms with Gasteiger partial charge in [0.15, 0.2) is 0 Å². The third kappa shape index (κ3) is 2.52. The van der Waals surface area contributed by atoms with Gasteiger partial charge >= 0.3 is 0 Å². The molecule has 3 atom stereocenters. The second-order valence-corrected chi connectivity index (χ2v) is 5.65. The summed E-state index contributed by atoms with van der Waals surface area (Å²) in [5.41, 5.74) is 0.718. The van der Waals surface area contributed by atoms with Crippen LogP contribution >= 0.6 is 23.2 Å². The lowest BCUT2D eigenvalue weighted by Crippen LogP contribution is -2.13. The average molecular weight is 261 g/mol. The first-order valence-corrected chi connectivity index (χ1v) is 6.47. The second-order valence-electron chi connectivity index (χ2n) is 4.65. The molecule has 1 saturated carbocycles. The third-order valence-corrected chi connectivity index (χ3v) is 4.47. The zero-order valence-corrected chi connectivity index (χ0v) is 10.7. The van der Waals surface area contributed by atoms with Crippen LogP contribution in [-0.4, -0.2) is 5.38 Å². The van der Waals surface area contributed by atoms with E-state index in [1.54, 1.807) is 12.1 Å². The Hall–Kier alpha value is -0.270. The van der Waals surface area contributed by atoms with Gasteiger partial charge in [0.1, 0.15) is 5.82 Å². The molecule has 2 rings (SSSR count). The van der Waals surface area contributed by atoms with Gasteiger partial charge in [0, 0.05) is 10.4 Å². The molecule has 1 fully saturated rings. The molecule has 0 aliphatic heterocycles. The van der Waals surface area contributed by atoms with E-state index in [1.807, 2.05) is 0 Å². The van der Waals surface area contributed by atoms with Crippen LogP contribution in [0.2, 0.25) is 5.02 Å². The van der Waals surface area contributed by atoms with Gasteiger partial charge in [-0.25, -0.2) is 4.39 Å². The normalized spacial score (nSPS) is 29.6. The maximum atomic E-state index is 13.6. The monoisotopic (exact) mass is 260 g/mol. The molecule has 0 bridgehead atoms. The molecule has 1 aliphatic carbocycles. The van der Waals surface area contributed by atoms with Crippen molar-refractivity contribution in [1.29, 1.82) is 0 Å². The maximum Gasteiger partial charge on any atom is 0.126 e. The van der Waals surface area contributed by atoms with E-state index in [0.29, 0.717) is 16.9 Å². The molecule has 3 heteroatoms. The van der Waals surface area contributed by atoms with Crippen molar-refractivity contribution in [3.05, 3.63) is 34.6 Å². The first-order valence-electron chi connectivity index (χ1n) is 5.66. The molecule has 0 nitrogen and oxygen atoms in total. The van der Waals surface area contributed by atoms with Gasteiger partial charge in [0.25, 0.3) is 0 Å². The number of benzene rings is 1. The molecule has 3 unspecified atom stereocenters. The van der Waals surface area contributed by atoms with Crippen LogP contribution in [0.4, 0.5) is 4.39 Å². The highest BCUT2D eigenvalue weighted by molar-refractivity contribution is 6.30. The Morgan fingerprint density at radius 2 is 2.12 bits per heavy atom. The van der Waals surface area contributed by atoms with Gasteiger partial charge in [-0.05, 0) is 54.9 Å². The maximum absolute atomic E-state index is 13.6. The lowest BCUT2D eigenvalue weighted by Gasteiger charge is -2.17. The van der Waals surface area contributed by atoms with E-state index in [1.165, 1.54) is 6.07 Å². The van der Waals surface area contributed by atoms with E-state index in [2.05, 4.69) is 6.92 Å². The smallest absolute Gasteiger partial charge is 0.126 e. The largest absolute Gasteiger partial charge is 0.207 e. The van der Waals surface area contributed by atoms with Crippen LogP contribution in [-0.2, 0) is 6.42 Å². The summed E-state index contributed by atoms with van der Waals surface area (Å²) in [5, 5.41) is 0.844. The molecule has 0 radical (unpaired) electrons. The van der Waals surface area contributed by atoms with Crippen LogP contribution in [0.1, 0.15) is 25.3 Å². The van der Waals surface area contributed by atoms with E-state index in [4.69, 9.17) is 23.2 Å². The fraction of sp³-hybridized carbons (Fsp3) is 0.538. The molecule has 0 spiro atoms. The van der Waals surface area contributed by atoms with Crippen LogP contribution in [0.25, 0.3) is 0 Å². The minimum absolute atomic E-state index is 0.158. The van der Waals surface area contributed by atoms with Gasteiger partial charge in [0.05, 0.1) is 0 Å². The van der Waals surface area contributed by atoms with Gasteiger partial charge in [-0.3, -0.25) is 0 Å². The zero-order chi connectivity index (χ0) is 11.7. The molecule has 0 aromatic heterocycles. The molecule has 1 aliphatic rings. The number of hydrogen-bond donors (Lipinski definition) is 0. The fourth-order valence-corrected chi connectivity index (χ4v) is 2.99. The number of alkyl halides is 1. The Morgan fingerprint density at radius 1 is 1.38 bits per heavy atom. The van der Waals surface area contributed by atoms with Gasteiger partial charge in [-0.15, -0.1) is 11.6 Å². The van der Waals surface area contributed by atoms with Gasteiger partial charge in [-0.1, -0.05) is 18.5 Å². The van der Waals surface area contributed by atoms with E-state index < -0.39 is 0 Å². The van der Waals surface area contributed by atoms with Gasteiger partial charge < -0.3 is 0 Å². The minimum Gasteiger partial charge on any atom is -0.207 e. The predicted molar refractivity (Wildman–Crippen MR) is 66.6 cm³/mol. The van der Waals surface area contributed by atoms with Crippen molar-refractivity contribution >= 4 is 23.2 Å². The van der Waals surface area contributed by atoms with E-state index in [9.17, 15) is 4.39 Å². The van der Waals surface area contributed by atoms with Crippen molar-refractivity contribution in [3.63, 3.8) is 0 Å². The minimum atomic E-state index is -0.158. The number of rotatable bonds is 2. The Balaban J connectivity index is 2.12. The highest BCUT2D eigenvalue weighted by Gasteiger charge is 2.31. The summed E-state index contributed by atoms with van der Waals surface area (Å²) in [7, 11) is 0. The summed E-state index contributed by atoms with van der Waals surface area (Å²) in [5.74, 6) is 0.783. The van der Waals surface area contributed by atoms with Crippen LogP contribution in [0.3, 0.4) is 0 Å². The average Bonchev–Trinajstić information content (AvgIpc) is 2.55. The van der Waals surface area contributed by atoms with Crippen molar-refractivity contribution in [2.75, 3.05) is 0 Å². The molecule has 0 N–H and O–H groups in total. The lowest BCUT2D eigenvalue weighted by atomic mass is 9.91. The summed E-state index contributed by atoms with van der Waals surface area (Å²) in [6.45, 7) is 2.15. The fourth-order valence-electron chi connectivity index (χ4n) is 2.46. The topological polar surface area (TPSA) is 0 Å². The van der Waals surface area contributed by atoms with E-state index in [-0.39, 0.29) is 11.2 Å². The van der Waals surface area contributed by atoms with Gasteiger partial charge in [-0.2, -0.15) is 0 Å². The molecular weight excluding hydrogens is 246 g/mol. The van der Waals surface area contributed by atoms with Gasteiger partial charge in [0.2, 0.25) is 0 Å². The Kier molecular flexibility index (Phi) is 3.76. The number of hydrogen-bond acceptors (Lipinski definition) is 0. The van der Waals surface area contributed by atoms with Crippen LogP contribution in [0, 0.1) is 17.7 Å². The highest BCUT2D eigenvalue weighted by Crippen LogP contribution is 2.37. The SMILES string of the molecule is CC1C(Cl)CCC1Cc1cc(Cl)ccc1F. The Bertz CT molecular complexity index is 378. The van der Waals surface area contributed by atoms with Crippen LogP contribution in [0.5, 0.6) is 0 Å². The molecular formula is C13H15Cl2F. The summed E-state index contributed by atoms with van der Waals surface area (Å²) in [4.78, 5) is 0. The summed E-state index contributed by atoms with van der Waals surface area (Å²) in [6.07, 6.45) is 2.87. The Labute approximate surface area is 106 Å². The predicted octanol–water partition coefficient (Wildman–Crippen LogP) is 4.68. The van der Waals surface area contributed by atoms with Crippen LogP contribution in [0.15, 0.2) is 18.2 Å². The van der Waals surface area contributed by atoms with Crippen molar-refractivity contribution < 1.29 is 4.39 Å². The molecule has 0 heterocycles. The van der Waals surface area contributed by atoms with Crippen molar-refractivity contribution in [1.82, 2.24) is 0 Å². The van der Waals surface area contributed by atoms with Crippen LogP contribution < -0.4 is 0 Å². The van der Waals surface area contributed by atoms with E-state index >= 15 is 0 Å². The van der Waals surface area contributed by atoms with E-state index in [0.717, 1.165) is 24.8 Å². The first kappa shape index (κ1) is 12.2. The molecule has 88 valence electrons. The zero-order valence-electron chi connectivity index (χ0n) is 9.22. The molecule has 0 saturated heterocycles. The summed E-state index contributed by atoms with van der Waals surface area (Å²) >= 11 is 12.0. The third-order valence-electron chi connectivity index (χ3n) is 3.62. The Morgan fingerprint density at radius 3 is 2.75 bits per heavy atom. The molecule has 16 heavy (non-hydrogen) atoms.